The summed E-state index contributed by atoms with van der Waals surface area (Å²) in [6, 6.07) is 3.67. The lowest BCUT2D eigenvalue weighted by molar-refractivity contribution is 0.0199. The molecule has 1 aromatic rings. The summed E-state index contributed by atoms with van der Waals surface area (Å²) < 4.78 is 10.5. The number of carbonyl (C=O) groups excluding carboxylic acids is 2. The minimum Gasteiger partial charge on any atom is -0.462 e. The lowest BCUT2D eigenvalue weighted by Gasteiger charge is -2.38. The minimum atomic E-state index is -0.500. The van der Waals surface area contributed by atoms with Crippen molar-refractivity contribution in [1.82, 2.24) is 9.88 Å². The molecule has 1 aliphatic heterocycles. The van der Waals surface area contributed by atoms with Crippen molar-refractivity contribution in [1.29, 1.82) is 0 Å². The van der Waals surface area contributed by atoms with Gasteiger partial charge >= 0.3 is 12.1 Å². The Morgan fingerprint density at radius 1 is 1.35 bits per heavy atom. The maximum absolute atomic E-state index is 12.3. The minimum absolute atomic E-state index is 0.150. The third-order valence-corrected chi connectivity index (χ3v) is 4.22. The number of likely N-dealkylation sites (N-methyl/N-ethyl adjacent to an activating group) is 1. The van der Waals surface area contributed by atoms with Crippen molar-refractivity contribution < 1.29 is 19.1 Å². The largest absolute Gasteiger partial charge is 0.462 e. The Morgan fingerprint density at radius 3 is 2.65 bits per heavy atom. The second kappa shape index (κ2) is 8.38. The fourth-order valence-electron chi connectivity index (χ4n) is 2.88. The van der Waals surface area contributed by atoms with E-state index in [9.17, 15) is 9.59 Å². The van der Waals surface area contributed by atoms with E-state index >= 15 is 0 Å². The van der Waals surface area contributed by atoms with Gasteiger partial charge in [0.1, 0.15) is 11.4 Å². The summed E-state index contributed by atoms with van der Waals surface area (Å²) in [6.07, 6.45) is 3.13. The molecule has 0 radical (unpaired) electrons. The molecular weight excluding hydrogens is 334 g/mol. The SMILES string of the molecule is CCOC(=O)c1ccc(N(C)C2CCCN(C(=O)OC(C)(C)C)C2)nc1. The van der Waals surface area contributed by atoms with Gasteiger partial charge in [0.25, 0.3) is 0 Å². The topological polar surface area (TPSA) is 72.0 Å². The molecule has 26 heavy (non-hydrogen) atoms. The Morgan fingerprint density at radius 2 is 2.08 bits per heavy atom. The standard InChI is InChI=1S/C19H29N3O4/c1-6-25-17(23)14-9-10-16(20-12-14)21(5)15-8-7-11-22(13-15)18(24)26-19(2,3)4/h9-10,12,15H,6-8,11,13H2,1-5H3. The second-order valence-corrected chi connectivity index (χ2v) is 7.46. The lowest BCUT2D eigenvalue weighted by atomic mass is 10.0. The molecule has 1 aromatic heterocycles. The number of hydrogen-bond acceptors (Lipinski definition) is 6. The van der Waals surface area contributed by atoms with Crippen molar-refractivity contribution in [3.05, 3.63) is 23.9 Å². The van der Waals surface area contributed by atoms with E-state index in [0.717, 1.165) is 18.7 Å². The Balaban J connectivity index is 2.01. The van der Waals surface area contributed by atoms with E-state index in [1.807, 2.05) is 32.7 Å². The van der Waals surface area contributed by atoms with Gasteiger partial charge in [0.2, 0.25) is 0 Å². The van der Waals surface area contributed by atoms with Crippen LogP contribution in [0.1, 0.15) is 50.9 Å². The van der Waals surface area contributed by atoms with Crippen molar-refractivity contribution in [2.45, 2.75) is 52.2 Å². The summed E-state index contributed by atoms with van der Waals surface area (Å²) >= 11 is 0. The summed E-state index contributed by atoms with van der Waals surface area (Å²) in [5, 5.41) is 0. The first-order chi connectivity index (χ1) is 12.2. The molecule has 0 bridgehead atoms. The molecule has 0 aromatic carbocycles. The average molecular weight is 363 g/mol. The first kappa shape index (κ1) is 20.0. The predicted octanol–water partition coefficient (Wildman–Crippen LogP) is 3.09. The first-order valence-corrected chi connectivity index (χ1v) is 9.05. The quantitative estimate of drug-likeness (QED) is 0.766. The van der Waals surface area contributed by atoms with Crippen molar-refractivity contribution in [2.75, 3.05) is 31.6 Å². The number of piperidine rings is 1. The third kappa shape index (κ3) is 5.34. The molecule has 1 fully saturated rings. The summed E-state index contributed by atoms with van der Waals surface area (Å²) in [5.41, 5.74) is -0.0662. The molecule has 2 heterocycles. The molecule has 1 atom stereocenters. The highest BCUT2D eigenvalue weighted by molar-refractivity contribution is 5.89. The average Bonchev–Trinajstić information content (AvgIpc) is 2.60. The molecular formula is C19H29N3O4. The van der Waals surface area contributed by atoms with Gasteiger partial charge < -0.3 is 19.3 Å². The Hall–Kier alpha value is -2.31. The number of amides is 1. The van der Waals surface area contributed by atoms with Crippen LogP contribution in [0.15, 0.2) is 18.3 Å². The second-order valence-electron chi connectivity index (χ2n) is 7.46. The Labute approximate surface area is 155 Å². The van der Waals surface area contributed by atoms with Gasteiger partial charge in [0, 0.05) is 32.4 Å². The zero-order valence-electron chi connectivity index (χ0n) is 16.3. The number of hydrogen-bond donors (Lipinski definition) is 0. The van der Waals surface area contributed by atoms with Crippen LogP contribution in [0.4, 0.5) is 10.6 Å². The highest BCUT2D eigenvalue weighted by Gasteiger charge is 2.29. The van der Waals surface area contributed by atoms with Crippen LogP contribution in [-0.4, -0.2) is 60.3 Å². The number of pyridine rings is 1. The first-order valence-electron chi connectivity index (χ1n) is 9.05. The van der Waals surface area contributed by atoms with E-state index in [0.29, 0.717) is 25.3 Å². The molecule has 0 saturated carbocycles. The highest BCUT2D eigenvalue weighted by atomic mass is 16.6. The molecule has 1 unspecified atom stereocenters. The van der Waals surface area contributed by atoms with E-state index < -0.39 is 5.60 Å². The molecule has 1 amide bonds. The van der Waals surface area contributed by atoms with Gasteiger partial charge in [-0.15, -0.1) is 0 Å². The smallest absolute Gasteiger partial charge is 0.410 e. The number of nitrogens with zero attached hydrogens (tertiary/aromatic N) is 3. The molecule has 2 rings (SSSR count). The summed E-state index contributed by atoms with van der Waals surface area (Å²) in [4.78, 5) is 32.2. The number of aromatic nitrogens is 1. The third-order valence-electron chi connectivity index (χ3n) is 4.22. The molecule has 144 valence electrons. The zero-order chi connectivity index (χ0) is 19.3. The maximum atomic E-state index is 12.3. The molecule has 1 saturated heterocycles. The van der Waals surface area contributed by atoms with Gasteiger partial charge in [-0.05, 0) is 52.7 Å². The molecule has 7 nitrogen and oxygen atoms in total. The van der Waals surface area contributed by atoms with Crippen molar-refractivity contribution in [2.24, 2.45) is 0 Å². The van der Waals surface area contributed by atoms with Crippen LogP contribution in [0.3, 0.4) is 0 Å². The van der Waals surface area contributed by atoms with Crippen LogP contribution in [0.5, 0.6) is 0 Å². The van der Waals surface area contributed by atoms with Crippen LogP contribution in [0.2, 0.25) is 0 Å². The molecule has 0 N–H and O–H groups in total. The van der Waals surface area contributed by atoms with Gasteiger partial charge in [-0.2, -0.15) is 0 Å². The van der Waals surface area contributed by atoms with Crippen LogP contribution >= 0.6 is 0 Å². The van der Waals surface area contributed by atoms with Crippen molar-refractivity contribution in [3.8, 4) is 0 Å². The van der Waals surface area contributed by atoms with Crippen LogP contribution in [0, 0.1) is 0 Å². The number of carbonyl (C=O) groups is 2. The normalized spacial score (nSPS) is 17.6. The van der Waals surface area contributed by atoms with Crippen LogP contribution in [0.25, 0.3) is 0 Å². The molecule has 0 spiro atoms. The van der Waals surface area contributed by atoms with E-state index in [4.69, 9.17) is 9.47 Å². The van der Waals surface area contributed by atoms with Gasteiger partial charge in [-0.1, -0.05) is 0 Å². The maximum Gasteiger partial charge on any atom is 0.410 e. The predicted molar refractivity (Wildman–Crippen MR) is 99.4 cm³/mol. The summed E-state index contributed by atoms with van der Waals surface area (Å²) in [5.74, 6) is 0.386. The van der Waals surface area contributed by atoms with Gasteiger partial charge in [-0.25, -0.2) is 14.6 Å². The van der Waals surface area contributed by atoms with Crippen LogP contribution < -0.4 is 4.90 Å². The number of rotatable bonds is 4. The van der Waals surface area contributed by atoms with E-state index in [2.05, 4.69) is 4.98 Å². The fraction of sp³-hybridized carbons (Fsp3) is 0.632. The Bertz CT molecular complexity index is 625. The van der Waals surface area contributed by atoms with Crippen molar-refractivity contribution >= 4 is 17.9 Å². The summed E-state index contributed by atoms with van der Waals surface area (Å²) in [7, 11) is 1.95. The number of ether oxygens (including phenoxy) is 2. The number of esters is 1. The number of likely N-dealkylation sites (tertiary alicyclic amines) is 1. The molecule has 0 aliphatic carbocycles. The molecule has 1 aliphatic rings. The molecule has 7 heteroatoms. The van der Waals surface area contributed by atoms with Crippen LogP contribution in [-0.2, 0) is 9.47 Å². The monoisotopic (exact) mass is 363 g/mol. The van der Waals surface area contributed by atoms with E-state index in [1.54, 1.807) is 24.0 Å². The van der Waals surface area contributed by atoms with Gasteiger partial charge in [-0.3, -0.25) is 0 Å². The van der Waals surface area contributed by atoms with Gasteiger partial charge in [0.05, 0.1) is 12.2 Å². The van der Waals surface area contributed by atoms with E-state index in [-0.39, 0.29) is 18.1 Å². The Kier molecular flexibility index (Phi) is 6.45. The highest BCUT2D eigenvalue weighted by Crippen LogP contribution is 2.22. The van der Waals surface area contributed by atoms with Gasteiger partial charge in [0.15, 0.2) is 0 Å². The van der Waals surface area contributed by atoms with Crippen molar-refractivity contribution in [3.63, 3.8) is 0 Å². The lowest BCUT2D eigenvalue weighted by Crippen LogP contribution is -2.50. The fourth-order valence-corrected chi connectivity index (χ4v) is 2.88. The number of anilines is 1. The zero-order valence-corrected chi connectivity index (χ0v) is 16.3. The summed E-state index contributed by atoms with van der Waals surface area (Å²) in [6.45, 7) is 9.01. The van der Waals surface area contributed by atoms with E-state index in [1.165, 1.54) is 6.20 Å².